The van der Waals surface area contributed by atoms with Gasteiger partial charge < -0.3 is 14.8 Å². The third kappa shape index (κ3) is 3.46. The van der Waals surface area contributed by atoms with Crippen molar-refractivity contribution in [1.82, 2.24) is 10.2 Å². The Hall–Kier alpha value is -2.67. The van der Waals surface area contributed by atoms with Gasteiger partial charge in [-0.05, 0) is 17.7 Å². The summed E-state index contributed by atoms with van der Waals surface area (Å²) < 4.78 is 9.62. The number of carbonyl (C=O) groups is 2. The number of rotatable bonds is 5. The van der Waals surface area contributed by atoms with E-state index in [1.165, 1.54) is 13.3 Å². The summed E-state index contributed by atoms with van der Waals surface area (Å²) in [5, 5.41) is 8.83. The SMILES string of the molecule is COCc1cccc(C(=O)Nc2cn[nH]c2C(=O)OC)c1. The number of esters is 1. The number of nitrogens with zero attached hydrogens (tertiary/aromatic N) is 1. The van der Waals surface area contributed by atoms with Crippen LogP contribution in [0.25, 0.3) is 0 Å². The molecule has 7 heteroatoms. The van der Waals surface area contributed by atoms with E-state index in [0.717, 1.165) is 5.56 Å². The zero-order valence-electron chi connectivity index (χ0n) is 11.7. The Kier molecular flexibility index (Phi) is 4.68. The van der Waals surface area contributed by atoms with Crippen molar-refractivity contribution in [3.8, 4) is 0 Å². The monoisotopic (exact) mass is 289 g/mol. The van der Waals surface area contributed by atoms with E-state index in [0.29, 0.717) is 12.2 Å². The highest BCUT2D eigenvalue weighted by molar-refractivity contribution is 6.07. The first-order valence-corrected chi connectivity index (χ1v) is 6.16. The second-order valence-corrected chi connectivity index (χ2v) is 4.24. The summed E-state index contributed by atoms with van der Waals surface area (Å²) >= 11 is 0. The van der Waals surface area contributed by atoms with E-state index >= 15 is 0 Å². The number of methoxy groups -OCH3 is 2. The van der Waals surface area contributed by atoms with Gasteiger partial charge in [-0.25, -0.2) is 4.79 Å². The molecule has 0 atom stereocenters. The van der Waals surface area contributed by atoms with E-state index in [1.54, 1.807) is 25.3 Å². The van der Waals surface area contributed by atoms with Gasteiger partial charge in [0.1, 0.15) is 0 Å². The van der Waals surface area contributed by atoms with Crippen LogP contribution in [0.15, 0.2) is 30.5 Å². The molecule has 110 valence electrons. The maximum Gasteiger partial charge on any atom is 0.358 e. The fourth-order valence-corrected chi connectivity index (χ4v) is 1.80. The molecule has 1 heterocycles. The number of carbonyl (C=O) groups excluding carboxylic acids is 2. The summed E-state index contributed by atoms with van der Waals surface area (Å²) in [6.45, 7) is 0.417. The standard InChI is InChI=1S/C14H15N3O4/c1-20-8-9-4-3-5-10(6-9)13(18)16-11-7-15-17-12(11)14(19)21-2/h3-7H,8H2,1-2H3,(H,15,17)(H,16,18). The van der Waals surface area contributed by atoms with Gasteiger partial charge in [-0.2, -0.15) is 5.10 Å². The molecule has 0 aliphatic rings. The van der Waals surface area contributed by atoms with E-state index < -0.39 is 5.97 Å². The summed E-state index contributed by atoms with van der Waals surface area (Å²) in [6.07, 6.45) is 1.35. The zero-order valence-corrected chi connectivity index (χ0v) is 11.7. The number of anilines is 1. The van der Waals surface area contributed by atoms with Crippen LogP contribution in [0, 0.1) is 0 Å². The average Bonchev–Trinajstić information content (AvgIpc) is 2.95. The van der Waals surface area contributed by atoms with E-state index in [2.05, 4.69) is 20.3 Å². The molecule has 2 aromatic rings. The van der Waals surface area contributed by atoms with E-state index in [1.807, 2.05) is 6.07 Å². The number of hydrogen-bond donors (Lipinski definition) is 2. The third-order valence-electron chi connectivity index (χ3n) is 2.78. The van der Waals surface area contributed by atoms with Crippen LogP contribution in [-0.4, -0.2) is 36.3 Å². The number of amides is 1. The Morgan fingerprint density at radius 3 is 2.86 bits per heavy atom. The van der Waals surface area contributed by atoms with Crippen molar-refractivity contribution in [2.24, 2.45) is 0 Å². The maximum atomic E-state index is 12.2. The zero-order chi connectivity index (χ0) is 15.2. The fourth-order valence-electron chi connectivity index (χ4n) is 1.80. The van der Waals surface area contributed by atoms with Crippen molar-refractivity contribution in [3.63, 3.8) is 0 Å². The van der Waals surface area contributed by atoms with Crippen molar-refractivity contribution >= 4 is 17.6 Å². The van der Waals surface area contributed by atoms with Crippen LogP contribution in [-0.2, 0) is 16.1 Å². The second kappa shape index (κ2) is 6.67. The summed E-state index contributed by atoms with van der Waals surface area (Å²) in [4.78, 5) is 23.7. The number of benzene rings is 1. The van der Waals surface area contributed by atoms with Crippen LogP contribution in [0.4, 0.5) is 5.69 Å². The normalized spacial score (nSPS) is 10.2. The number of aromatic amines is 1. The molecule has 2 N–H and O–H groups in total. The molecular formula is C14H15N3O4. The second-order valence-electron chi connectivity index (χ2n) is 4.24. The largest absolute Gasteiger partial charge is 0.464 e. The van der Waals surface area contributed by atoms with Gasteiger partial charge in [0.15, 0.2) is 5.69 Å². The Balaban J connectivity index is 2.17. The number of ether oxygens (including phenoxy) is 2. The van der Waals surface area contributed by atoms with Gasteiger partial charge in [0, 0.05) is 12.7 Å². The van der Waals surface area contributed by atoms with Crippen LogP contribution in [0.3, 0.4) is 0 Å². The molecule has 0 saturated heterocycles. The number of H-pyrrole nitrogens is 1. The van der Waals surface area contributed by atoms with Crippen molar-refractivity contribution in [2.45, 2.75) is 6.61 Å². The molecule has 0 radical (unpaired) electrons. The Morgan fingerprint density at radius 2 is 2.14 bits per heavy atom. The molecule has 0 aliphatic carbocycles. The van der Waals surface area contributed by atoms with Crippen LogP contribution in [0.1, 0.15) is 26.4 Å². The molecule has 1 aromatic carbocycles. The van der Waals surface area contributed by atoms with E-state index in [-0.39, 0.29) is 17.3 Å². The average molecular weight is 289 g/mol. The molecule has 7 nitrogen and oxygen atoms in total. The molecule has 21 heavy (non-hydrogen) atoms. The van der Waals surface area contributed by atoms with E-state index in [9.17, 15) is 9.59 Å². The van der Waals surface area contributed by atoms with Gasteiger partial charge in [0.05, 0.1) is 25.6 Å². The lowest BCUT2D eigenvalue weighted by atomic mass is 10.1. The summed E-state index contributed by atoms with van der Waals surface area (Å²) in [5.74, 6) is -0.949. The van der Waals surface area contributed by atoms with Crippen LogP contribution in [0.5, 0.6) is 0 Å². The molecule has 0 bridgehead atoms. The van der Waals surface area contributed by atoms with Crippen molar-refractivity contribution in [3.05, 3.63) is 47.3 Å². The predicted molar refractivity (Wildman–Crippen MR) is 75.0 cm³/mol. The van der Waals surface area contributed by atoms with Gasteiger partial charge in [-0.15, -0.1) is 0 Å². The lowest BCUT2D eigenvalue weighted by molar-refractivity contribution is 0.0595. The molecular weight excluding hydrogens is 274 g/mol. The molecule has 0 aliphatic heterocycles. The van der Waals surface area contributed by atoms with Crippen molar-refractivity contribution in [2.75, 3.05) is 19.5 Å². The predicted octanol–water partition coefficient (Wildman–Crippen LogP) is 1.59. The minimum absolute atomic E-state index is 0.0962. The highest BCUT2D eigenvalue weighted by atomic mass is 16.5. The lowest BCUT2D eigenvalue weighted by Crippen LogP contribution is -2.15. The summed E-state index contributed by atoms with van der Waals surface area (Å²) in [5.41, 5.74) is 1.70. The van der Waals surface area contributed by atoms with Crippen molar-refractivity contribution in [1.29, 1.82) is 0 Å². The Labute approximate surface area is 121 Å². The molecule has 0 spiro atoms. The lowest BCUT2D eigenvalue weighted by Gasteiger charge is -2.06. The number of aromatic nitrogens is 2. The minimum Gasteiger partial charge on any atom is -0.464 e. The van der Waals surface area contributed by atoms with Gasteiger partial charge in [-0.3, -0.25) is 9.89 Å². The highest BCUT2D eigenvalue weighted by Crippen LogP contribution is 2.15. The summed E-state index contributed by atoms with van der Waals surface area (Å²) in [6, 6.07) is 7.01. The smallest absolute Gasteiger partial charge is 0.358 e. The minimum atomic E-state index is -0.601. The molecule has 0 unspecified atom stereocenters. The van der Waals surface area contributed by atoms with Crippen LogP contribution >= 0.6 is 0 Å². The van der Waals surface area contributed by atoms with Gasteiger partial charge >= 0.3 is 5.97 Å². The Bertz CT molecular complexity index is 651. The molecule has 2 rings (SSSR count). The molecule has 1 amide bonds. The van der Waals surface area contributed by atoms with Gasteiger partial charge in [0.2, 0.25) is 0 Å². The maximum absolute atomic E-state index is 12.2. The first-order chi connectivity index (χ1) is 10.2. The molecule has 0 saturated carbocycles. The van der Waals surface area contributed by atoms with Gasteiger partial charge in [0.25, 0.3) is 5.91 Å². The Morgan fingerprint density at radius 1 is 1.33 bits per heavy atom. The first kappa shape index (κ1) is 14.7. The first-order valence-electron chi connectivity index (χ1n) is 6.16. The van der Waals surface area contributed by atoms with Gasteiger partial charge in [-0.1, -0.05) is 12.1 Å². The molecule has 1 aromatic heterocycles. The van der Waals surface area contributed by atoms with Crippen molar-refractivity contribution < 1.29 is 19.1 Å². The number of hydrogen-bond acceptors (Lipinski definition) is 5. The number of nitrogens with one attached hydrogen (secondary N) is 2. The summed E-state index contributed by atoms with van der Waals surface area (Å²) in [7, 11) is 2.84. The third-order valence-corrected chi connectivity index (χ3v) is 2.78. The van der Waals surface area contributed by atoms with E-state index in [4.69, 9.17) is 4.74 Å². The molecule has 0 fully saturated rings. The van der Waals surface area contributed by atoms with Crippen LogP contribution in [0.2, 0.25) is 0 Å². The quantitative estimate of drug-likeness (QED) is 0.815. The fraction of sp³-hybridized carbons (Fsp3) is 0.214. The highest BCUT2D eigenvalue weighted by Gasteiger charge is 2.17. The topological polar surface area (TPSA) is 93.3 Å². The van der Waals surface area contributed by atoms with Crippen LogP contribution < -0.4 is 5.32 Å².